The van der Waals surface area contributed by atoms with Crippen molar-refractivity contribution in [1.29, 1.82) is 0 Å². The maximum Gasteiger partial charge on any atom is 0.335 e. The van der Waals surface area contributed by atoms with E-state index in [1.54, 1.807) is 54.6 Å². The highest BCUT2D eigenvalue weighted by molar-refractivity contribution is 6.39. The van der Waals surface area contributed by atoms with E-state index >= 15 is 0 Å². The number of unbranched alkanes of at least 4 members (excludes halogenated alkanes) is 1. The Morgan fingerprint density at radius 2 is 1.12 bits per heavy atom. The minimum atomic E-state index is -0.987. The van der Waals surface area contributed by atoms with Gasteiger partial charge in [0, 0.05) is 12.1 Å². The van der Waals surface area contributed by atoms with Crippen LogP contribution in [-0.2, 0) is 6.42 Å². The first kappa shape index (κ1) is 35.0. The summed E-state index contributed by atoms with van der Waals surface area (Å²) in [5, 5.41) is 14.0. The number of imidazole rings is 2. The second-order valence-electron chi connectivity index (χ2n) is 11.3. The van der Waals surface area contributed by atoms with Gasteiger partial charge in [-0.2, -0.15) is 0 Å². The lowest BCUT2D eigenvalue weighted by atomic mass is 10.1. The molecule has 7 aromatic rings. The van der Waals surface area contributed by atoms with E-state index in [2.05, 4.69) is 37.4 Å². The Bertz CT molecular complexity index is 2280. The van der Waals surface area contributed by atoms with E-state index in [9.17, 15) is 9.59 Å². The third-order valence-corrected chi connectivity index (χ3v) is 9.15. The lowest BCUT2D eigenvalue weighted by Crippen LogP contribution is -2.24. The van der Waals surface area contributed by atoms with Gasteiger partial charge >= 0.3 is 5.97 Å². The number of benzene rings is 5. The number of aromatic amines is 2. The quantitative estimate of drug-likeness (QED) is 0.110. The second kappa shape index (κ2) is 15.8. The number of nitrogens with one attached hydrogen (secondary N) is 3. The SMILES string of the molecule is O=C(NCCCCc1ccccc1)c1ccc2nc(-c3c(Cl)cccc3Cl)[nH]c2c1.O=C(O)c1ccc2nc(-c3c(Cl)cccc3Cl)[nH]c2c1. The monoisotopic (exact) mass is 743 g/mol. The summed E-state index contributed by atoms with van der Waals surface area (Å²) in [5.74, 6) is 0.0135. The largest absolute Gasteiger partial charge is 0.478 e. The van der Waals surface area contributed by atoms with Gasteiger partial charge in [-0.15, -0.1) is 0 Å². The average Bonchev–Trinajstić information content (AvgIpc) is 3.72. The van der Waals surface area contributed by atoms with Crippen molar-refractivity contribution >= 4 is 80.3 Å². The molecule has 50 heavy (non-hydrogen) atoms. The third-order valence-electron chi connectivity index (χ3n) is 7.89. The topological polar surface area (TPSA) is 124 Å². The zero-order valence-corrected chi connectivity index (χ0v) is 29.3. The summed E-state index contributed by atoms with van der Waals surface area (Å²) in [6.07, 6.45) is 2.98. The molecule has 0 unspecified atom stereocenters. The molecule has 0 aliphatic carbocycles. The fourth-order valence-corrected chi connectivity index (χ4v) is 6.53. The maximum atomic E-state index is 12.5. The molecule has 0 atom stereocenters. The first-order chi connectivity index (χ1) is 24.2. The summed E-state index contributed by atoms with van der Waals surface area (Å²) in [6, 6.07) is 31.0. The Morgan fingerprint density at radius 3 is 1.64 bits per heavy atom. The van der Waals surface area contributed by atoms with Crippen LogP contribution in [0.15, 0.2) is 103 Å². The van der Waals surface area contributed by atoms with Crippen LogP contribution in [0.5, 0.6) is 0 Å². The molecule has 0 saturated carbocycles. The molecule has 252 valence electrons. The van der Waals surface area contributed by atoms with E-state index in [4.69, 9.17) is 51.5 Å². The lowest BCUT2D eigenvalue weighted by Gasteiger charge is -2.05. The number of aromatic nitrogens is 4. The van der Waals surface area contributed by atoms with E-state index in [1.807, 2.05) is 24.3 Å². The van der Waals surface area contributed by atoms with Gasteiger partial charge in [-0.25, -0.2) is 14.8 Å². The first-order valence-corrected chi connectivity index (χ1v) is 17.1. The van der Waals surface area contributed by atoms with Gasteiger partial charge in [0.05, 0.1) is 58.8 Å². The van der Waals surface area contributed by atoms with Gasteiger partial charge in [-0.1, -0.05) is 88.9 Å². The van der Waals surface area contributed by atoms with Gasteiger partial charge in [0.25, 0.3) is 5.91 Å². The van der Waals surface area contributed by atoms with Crippen LogP contribution >= 0.6 is 46.4 Å². The Labute approximate surface area is 307 Å². The molecule has 2 aromatic heterocycles. The van der Waals surface area contributed by atoms with Crippen LogP contribution < -0.4 is 5.32 Å². The number of carboxylic acid groups (broad SMARTS) is 1. The van der Waals surface area contributed by atoms with E-state index in [0.717, 1.165) is 30.3 Å². The van der Waals surface area contributed by atoms with E-state index < -0.39 is 5.97 Å². The summed E-state index contributed by atoms with van der Waals surface area (Å²) < 4.78 is 0. The first-order valence-electron chi connectivity index (χ1n) is 15.6. The number of H-pyrrole nitrogens is 2. The summed E-state index contributed by atoms with van der Waals surface area (Å²) in [6.45, 7) is 0.646. The number of fused-ring (bicyclic) bond motifs is 2. The molecule has 5 aromatic carbocycles. The molecule has 0 fully saturated rings. The molecule has 4 N–H and O–H groups in total. The molecule has 12 heteroatoms. The minimum Gasteiger partial charge on any atom is -0.478 e. The van der Waals surface area contributed by atoms with Crippen LogP contribution in [0.3, 0.4) is 0 Å². The Kier molecular flexibility index (Phi) is 11.0. The van der Waals surface area contributed by atoms with Crippen molar-refractivity contribution in [2.75, 3.05) is 6.54 Å². The van der Waals surface area contributed by atoms with Crippen LogP contribution in [0.2, 0.25) is 20.1 Å². The van der Waals surface area contributed by atoms with Crippen molar-refractivity contribution in [2.45, 2.75) is 19.3 Å². The van der Waals surface area contributed by atoms with Crippen LogP contribution in [0.4, 0.5) is 0 Å². The van der Waals surface area contributed by atoms with Crippen LogP contribution in [0.25, 0.3) is 44.8 Å². The van der Waals surface area contributed by atoms with Gasteiger partial charge in [-0.05, 0) is 85.5 Å². The van der Waals surface area contributed by atoms with Crippen LogP contribution in [0.1, 0.15) is 39.1 Å². The number of nitrogens with zero attached hydrogens (tertiary/aromatic N) is 2. The zero-order valence-electron chi connectivity index (χ0n) is 26.3. The number of aryl methyl sites for hydroxylation is 1. The number of halogens is 4. The smallest absolute Gasteiger partial charge is 0.335 e. The summed E-state index contributed by atoms with van der Waals surface area (Å²) in [7, 11) is 0. The zero-order chi connectivity index (χ0) is 35.2. The van der Waals surface area contributed by atoms with Crippen molar-refractivity contribution in [1.82, 2.24) is 25.3 Å². The van der Waals surface area contributed by atoms with Gasteiger partial charge in [0.1, 0.15) is 11.6 Å². The van der Waals surface area contributed by atoms with Crippen LogP contribution in [0, 0.1) is 0 Å². The Balaban J connectivity index is 0.000000187. The fourth-order valence-electron chi connectivity index (χ4n) is 5.38. The highest BCUT2D eigenvalue weighted by Crippen LogP contribution is 2.35. The van der Waals surface area contributed by atoms with Gasteiger partial charge in [0.2, 0.25) is 0 Å². The molecule has 0 aliphatic heterocycles. The average molecular weight is 745 g/mol. The molecule has 2 heterocycles. The predicted molar refractivity (Wildman–Crippen MR) is 202 cm³/mol. The molecule has 7 rings (SSSR count). The normalized spacial score (nSPS) is 11.0. The van der Waals surface area contributed by atoms with E-state index in [1.165, 1.54) is 17.7 Å². The number of rotatable bonds is 9. The lowest BCUT2D eigenvalue weighted by molar-refractivity contribution is 0.0696. The van der Waals surface area contributed by atoms with E-state index in [-0.39, 0.29) is 11.5 Å². The standard InChI is InChI=1S/C24H21Cl2N3O.C14H8Cl2N2O2/c25-18-10-6-11-19(26)22(18)23-28-20-13-12-17(15-21(20)29-23)24(30)27-14-5-4-9-16-7-2-1-3-8-16;15-8-2-1-3-9(16)12(8)13-17-10-5-4-7(14(19)20)6-11(10)18-13/h1-3,6-8,10-13,15H,4-5,9,14H2,(H,27,30)(H,28,29);1-6H,(H,17,18)(H,19,20). The van der Waals surface area contributed by atoms with Crippen molar-refractivity contribution in [2.24, 2.45) is 0 Å². The number of hydrogen-bond acceptors (Lipinski definition) is 4. The molecule has 8 nitrogen and oxygen atoms in total. The Morgan fingerprint density at radius 1 is 0.620 bits per heavy atom. The molecule has 0 bridgehead atoms. The number of carbonyl (C=O) groups excluding carboxylic acids is 1. The van der Waals surface area contributed by atoms with Crippen LogP contribution in [-0.4, -0.2) is 43.5 Å². The van der Waals surface area contributed by atoms with Crippen molar-refractivity contribution in [3.05, 3.63) is 140 Å². The maximum absolute atomic E-state index is 12.5. The summed E-state index contributed by atoms with van der Waals surface area (Å²) >= 11 is 24.8. The molecular formula is C38H29Cl4N5O3. The third kappa shape index (κ3) is 8.12. The van der Waals surface area contributed by atoms with Gasteiger partial charge in [-0.3, -0.25) is 4.79 Å². The predicted octanol–water partition coefficient (Wildman–Crippen LogP) is 10.5. The number of carbonyl (C=O) groups is 2. The van der Waals surface area contributed by atoms with Gasteiger partial charge in [0.15, 0.2) is 0 Å². The molecule has 0 radical (unpaired) electrons. The number of amides is 1. The Hall–Kier alpha value is -4.86. The molecule has 1 amide bonds. The van der Waals surface area contributed by atoms with Gasteiger partial charge < -0.3 is 20.4 Å². The fraction of sp³-hybridized carbons (Fsp3) is 0.105. The highest BCUT2D eigenvalue weighted by atomic mass is 35.5. The highest BCUT2D eigenvalue weighted by Gasteiger charge is 2.15. The van der Waals surface area contributed by atoms with Crippen molar-refractivity contribution < 1.29 is 14.7 Å². The van der Waals surface area contributed by atoms with Crippen molar-refractivity contribution in [3.8, 4) is 22.8 Å². The van der Waals surface area contributed by atoms with E-state index in [0.29, 0.717) is 66.0 Å². The summed E-state index contributed by atoms with van der Waals surface area (Å²) in [5.41, 5.74) is 6.15. The number of aromatic carboxylic acids is 1. The number of hydrogen-bond donors (Lipinski definition) is 4. The van der Waals surface area contributed by atoms with Crippen molar-refractivity contribution in [3.63, 3.8) is 0 Å². The summed E-state index contributed by atoms with van der Waals surface area (Å²) in [4.78, 5) is 38.7. The number of carboxylic acids is 1. The molecular weight excluding hydrogens is 716 g/mol. The molecule has 0 saturated heterocycles. The minimum absolute atomic E-state index is 0.0939. The second-order valence-corrected chi connectivity index (χ2v) is 13.0. The molecule has 0 spiro atoms. The molecule has 0 aliphatic rings.